The molecule has 0 saturated carbocycles. The molecule has 0 amide bonds. The molecule has 2 aromatic rings. The molecule has 1 atom stereocenters. The van der Waals surface area contributed by atoms with Crippen LogP contribution in [0.3, 0.4) is 0 Å². The van der Waals surface area contributed by atoms with Crippen LogP contribution in [0.2, 0.25) is 0 Å². The summed E-state index contributed by atoms with van der Waals surface area (Å²) in [6, 6.07) is 6.01. The van der Waals surface area contributed by atoms with Crippen molar-refractivity contribution in [3.05, 3.63) is 53.5 Å². The molecule has 0 spiro atoms. The lowest BCUT2D eigenvalue weighted by atomic mass is 10.1. The van der Waals surface area contributed by atoms with Crippen molar-refractivity contribution in [3.63, 3.8) is 0 Å². The molecule has 0 aliphatic carbocycles. The van der Waals surface area contributed by atoms with Crippen LogP contribution in [0.25, 0.3) is 0 Å². The molecule has 1 aromatic heterocycles. The second-order valence-electron chi connectivity index (χ2n) is 6.02. The maximum atomic E-state index is 13.8. The molecule has 3 rings (SSSR count). The van der Waals surface area contributed by atoms with E-state index in [0.29, 0.717) is 12.1 Å². The number of aromatic nitrogens is 2. The molecule has 0 radical (unpaired) electrons. The summed E-state index contributed by atoms with van der Waals surface area (Å²) in [6.07, 6.45) is 1.58. The van der Waals surface area contributed by atoms with Crippen molar-refractivity contribution in [2.75, 3.05) is 24.5 Å². The molecule has 1 saturated heterocycles. The van der Waals surface area contributed by atoms with E-state index in [9.17, 15) is 8.78 Å². The first-order valence-corrected chi connectivity index (χ1v) is 7.74. The Morgan fingerprint density at radius 2 is 2.00 bits per heavy atom. The first-order valence-electron chi connectivity index (χ1n) is 7.74. The van der Waals surface area contributed by atoms with Gasteiger partial charge in [0.25, 0.3) is 0 Å². The molecule has 23 heavy (non-hydrogen) atoms. The summed E-state index contributed by atoms with van der Waals surface area (Å²) < 4.78 is 26.8. The zero-order valence-electron chi connectivity index (χ0n) is 13.3. The van der Waals surface area contributed by atoms with Crippen LogP contribution >= 0.6 is 0 Å². The number of rotatable bonds is 3. The van der Waals surface area contributed by atoms with Crippen LogP contribution in [0.1, 0.15) is 18.2 Å². The van der Waals surface area contributed by atoms with Gasteiger partial charge < -0.3 is 4.90 Å². The van der Waals surface area contributed by atoms with E-state index in [0.717, 1.165) is 37.2 Å². The highest BCUT2D eigenvalue weighted by atomic mass is 19.1. The van der Waals surface area contributed by atoms with Crippen LogP contribution in [0.5, 0.6) is 0 Å². The Balaban J connectivity index is 1.67. The lowest BCUT2D eigenvalue weighted by Gasteiger charge is -2.40. The van der Waals surface area contributed by atoms with Crippen molar-refractivity contribution in [1.82, 2.24) is 14.9 Å². The topological polar surface area (TPSA) is 32.3 Å². The summed E-state index contributed by atoms with van der Waals surface area (Å²) in [7, 11) is 0. The van der Waals surface area contributed by atoms with Gasteiger partial charge in [-0.3, -0.25) is 4.90 Å². The maximum Gasteiger partial charge on any atom is 0.132 e. The summed E-state index contributed by atoms with van der Waals surface area (Å²) in [6.45, 7) is 7.00. The molecule has 1 aromatic carbocycles. The molecule has 4 nitrogen and oxygen atoms in total. The number of hydrogen-bond donors (Lipinski definition) is 0. The third-order valence-corrected chi connectivity index (χ3v) is 4.27. The van der Waals surface area contributed by atoms with Gasteiger partial charge in [0.15, 0.2) is 0 Å². The Morgan fingerprint density at radius 3 is 2.70 bits per heavy atom. The number of piperazine rings is 1. The zero-order chi connectivity index (χ0) is 16.4. The van der Waals surface area contributed by atoms with Gasteiger partial charge in [0, 0.05) is 55.6 Å². The van der Waals surface area contributed by atoms with Gasteiger partial charge in [-0.25, -0.2) is 18.7 Å². The lowest BCUT2D eigenvalue weighted by molar-refractivity contribution is 0.178. The first-order chi connectivity index (χ1) is 11.0. The van der Waals surface area contributed by atoms with Crippen molar-refractivity contribution in [2.24, 2.45) is 0 Å². The van der Waals surface area contributed by atoms with E-state index < -0.39 is 11.6 Å². The van der Waals surface area contributed by atoms with Gasteiger partial charge in [0.2, 0.25) is 0 Å². The van der Waals surface area contributed by atoms with Crippen LogP contribution < -0.4 is 4.90 Å². The van der Waals surface area contributed by atoms with Crippen molar-refractivity contribution < 1.29 is 8.78 Å². The van der Waals surface area contributed by atoms with Gasteiger partial charge in [-0.15, -0.1) is 0 Å². The lowest BCUT2D eigenvalue weighted by Crippen LogP contribution is -2.51. The summed E-state index contributed by atoms with van der Waals surface area (Å²) >= 11 is 0. The molecule has 2 heterocycles. The molecule has 0 bridgehead atoms. The third-order valence-electron chi connectivity index (χ3n) is 4.27. The van der Waals surface area contributed by atoms with Crippen LogP contribution in [0.15, 0.2) is 30.6 Å². The molecule has 122 valence electrons. The Labute approximate surface area is 134 Å². The average Bonchev–Trinajstić information content (AvgIpc) is 2.51. The normalized spacial score (nSPS) is 19.1. The fourth-order valence-electron chi connectivity index (χ4n) is 2.92. The smallest absolute Gasteiger partial charge is 0.132 e. The number of aryl methyl sites for hydroxylation is 1. The van der Waals surface area contributed by atoms with Crippen molar-refractivity contribution in [3.8, 4) is 0 Å². The summed E-state index contributed by atoms with van der Waals surface area (Å²) in [5.41, 5.74) is 1.48. The Bertz CT molecular complexity index is 692. The number of benzene rings is 1. The fraction of sp³-hybridized carbons (Fsp3) is 0.412. The fourth-order valence-corrected chi connectivity index (χ4v) is 2.92. The van der Waals surface area contributed by atoms with Gasteiger partial charge in [-0.05, 0) is 19.9 Å². The SMILES string of the molecule is Cc1cc(N2CCN(Cc3ccc(F)cc3F)C(C)C2)ncn1. The third kappa shape index (κ3) is 3.64. The number of hydrogen-bond acceptors (Lipinski definition) is 4. The first kappa shape index (κ1) is 15.8. The maximum absolute atomic E-state index is 13.8. The molecule has 1 aliphatic rings. The van der Waals surface area contributed by atoms with Crippen LogP contribution in [0, 0.1) is 18.6 Å². The van der Waals surface area contributed by atoms with Gasteiger partial charge in [0.05, 0.1) is 0 Å². The highest BCUT2D eigenvalue weighted by Gasteiger charge is 2.25. The largest absolute Gasteiger partial charge is 0.354 e. The molecular formula is C17H20F2N4. The molecule has 0 N–H and O–H groups in total. The van der Waals surface area contributed by atoms with E-state index in [1.807, 2.05) is 13.0 Å². The minimum absolute atomic E-state index is 0.253. The molecule has 1 aliphatic heterocycles. The van der Waals surface area contributed by atoms with E-state index in [2.05, 4.69) is 26.7 Å². The van der Waals surface area contributed by atoms with E-state index in [-0.39, 0.29) is 6.04 Å². The minimum atomic E-state index is -0.539. The number of anilines is 1. The van der Waals surface area contributed by atoms with Gasteiger partial charge >= 0.3 is 0 Å². The highest BCUT2D eigenvalue weighted by Crippen LogP contribution is 2.20. The standard InChI is InChI=1S/C17H20F2N4/c1-12-7-17(21-11-20-12)23-6-5-22(13(2)9-23)10-14-3-4-15(18)8-16(14)19/h3-4,7-8,11,13H,5-6,9-10H2,1-2H3. The molecule has 1 unspecified atom stereocenters. The van der Waals surface area contributed by atoms with E-state index in [1.54, 1.807) is 6.33 Å². The average molecular weight is 318 g/mol. The summed E-state index contributed by atoms with van der Waals surface area (Å²) in [5.74, 6) is -0.0914. The Morgan fingerprint density at radius 1 is 1.17 bits per heavy atom. The monoisotopic (exact) mass is 318 g/mol. The van der Waals surface area contributed by atoms with Crippen molar-refractivity contribution in [2.45, 2.75) is 26.4 Å². The molecule has 6 heteroatoms. The van der Waals surface area contributed by atoms with Crippen LogP contribution in [-0.2, 0) is 6.54 Å². The van der Waals surface area contributed by atoms with Crippen LogP contribution in [-0.4, -0.2) is 40.5 Å². The summed E-state index contributed by atoms with van der Waals surface area (Å²) in [5, 5.41) is 0. The zero-order valence-corrected chi connectivity index (χ0v) is 13.3. The van der Waals surface area contributed by atoms with Gasteiger partial charge in [0.1, 0.15) is 23.8 Å². The number of nitrogens with zero attached hydrogens (tertiary/aromatic N) is 4. The van der Waals surface area contributed by atoms with E-state index in [4.69, 9.17) is 0 Å². The Hall–Kier alpha value is -2.08. The van der Waals surface area contributed by atoms with Crippen molar-refractivity contribution >= 4 is 5.82 Å². The quantitative estimate of drug-likeness (QED) is 0.871. The second-order valence-corrected chi connectivity index (χ2v) is 6.02. The molecule has 1 fully saturated rings. The number of halogens is 2. The van der Waals surface area contributed by atoms with Gasteiger partial charge in [-0.1, -0.05) is 6.07 Å². The minimum Gasteiger partial charge on any atom is -0.354 e. The molecular weight excluding hydrogens is 298 g/mol. The van der Waals surface area contributed by atoms with E-state index in [1.165, 1.54) is 12.1 Å². The second kappa shape index (κ2) is 6.58. The van der Waals surface area contributed by atoms with Crippen molar-refractivity contribution in [1.29, 1.82) is 0 Å². The van der Waals surface area contributed by atoms with Crippen LogP contribution in [0.4, 0.5) is 14.6 Å². The Kier molecular flexibility index (Phi) is 4.52. The van der Waals surface area contributed by atoms with E-state index >= 15 is 0 Å². The predicted molar refractivity (Wildman–Crippen MR) is 85.2 cm³/mol. The predicted octanol–water partition coefficient (Wildman–Crippen LogP) is 2.77. The van der Waals surface area contributed by atoms with Gasteiger partial charge in [-0.2, -0.15) is 0 Å². The summed E-state index contributed by atoms with van der Waals surface area (Å²) in [4.78, 5) is 12.9. The highest BCUT2D eigenvalue weighted by molar-refractivity contribution is 5.39.